The van der Waals surface area contributed by atoms with Crippen molar-refractivity contribution >= 4 is 40.3 Å². The predicted octanol–water partition coefficient (Wildman–Crippen LogP) is 4.68. The normalized spacial score (nSPS) is 14.5. The highest BCUT2D eigenvalue weighted by Crippen LogP contribution is 2.37. The molecule has 0 radical (unpaired) electrons. The second-order valence-corrected chi connectivity index (χ2v) is 11.7. The number of carbonyl (C=O) groups is 4. The highest BCUT2D eigenvalue weighted by atomic mass is 16.6. The minimum atomic E-state index is -1.16. The van der Waals surface area contributed by atoms with Gasteiger partial charge >= 0.3 is 6.09 Å². The van der Waals surface area contributed by atoms with Crippen LogP contribution in [0.4, 0.5) is 10.5 Å². The molecule has 3 aromatic rings. The van der Waals surface area contributed by atoms with Crippen LogP contribution in [0.25, 0.3) is 10.8 Å². The van der Waals surface area contributed by atoms with E-state index in [0.717, 1.165) is 10.8 Å². The highest BCUT2D eigenvalue weighted by molar-refractivity contribution is 6.00. The van der Waals surface area contributed by atoms with Gasteiger partial charge in [-0.2, -0.15) is 0 Å². The molecule has 0 spiro atoms. The quantitative estimate of drug-likeness (QED) is 0.276. The number of fused-ring (bicyclic) bond motifs is 1. The van der Waals surface area contributed by atoms with Gasteiger partial charge in [-0.25, -0.2) is 4.79 Å². The lowest BCUT2D eigenvalue weighted by molar-refractivity contribution is -0.141. The Morgan fingerprint density at radius 2 is 1.71 bits per heavy atom. The van der Waals surface area contributed by atoms with Crippen molar-refractivity contribution in [3.63, 3.8) is 0 Å². The molecule has 4 amide bonds. The van der Waals surface area contributed by atoms with Gasteiger partial charge in [0.05, 0.1) is 0 Å². The molecule has 10 nitrogen and oxygen atoms in total. The number of rotatable bonds is 10. The molecule has 0 aromatic heterocycles. The van der Waals surface area contributed by atoms with Crippen molar-refractivity contribution in [3.8, 4) is 5.75 Å². The maximum Gasteiger partial charge on any atom is 0.408 e. The first-order chi connectivity index (χ1) is 19.8. The lowest BCUT2D eigenvalue weighted by Gasteiger charge is -2.35. The first-order valence-corrected chi connectivity index (χ1v) is 14.0. The number of ether oxygens (including phenoxy) is 1. The van der Waals surface area contributed by atoms with E-state index in [1.165, 1.54) is 11.0 Å². The average Bonchev–Trinajstić information content (AvgIpc) is 3.75. The zero-order chi connectivity index (χ0) is 30.6. The van der Waals surface area contributed by atoms with Crippen LogP contribution in [0.1, 0.15) is 63.6 Å². The second-order valence-electron chi connectivity index (χ2n) is 11.7. The number of amides is 4. The molecule has 0 aliphatic heterocycles. The number of carbonyl (C=O) groups excluding carboxylic acids is 4. The average molecular weight is 575 g/mol. The lowest BCUT2D eigenvalue weighted by atomic mass is 9.99. The van der Waals surface area contributed by atoms with Gasteiger partial charge in [-0.15, -0.1) is 0 Å². The number of anilines is 1. The third kappa shape index (κ3) is 7.78. The number of hydrogen-bond donors (Lipinski definition) is 4. The van der Waals surface area contributed by atoms with E-state index in [9.17, 15) is 24.3 Å². The molecule has 42 heavy (non-hydrogen) atoms. The molecule has 2 atom stereocenters. The first-order valence-electron chi connectivity index (χ1n) is 14.0. The number of hydrogen-bond acceptors (Lipinski definition) is 6. The molecule has 4 rings (SSSR count). The van der Waals surface area contributed by atoms with Gasteiger partial charge < -0.3 is 31.1 Å². The van der Waals surface area contributed by atoms with Gasteiger partial charge in [0.15, 0.2) is 0 Å². The number of aromatic hydroxyl groups is 1. The number of nitrogens with one attached hydrogen (secondary N) is 2. The van der Waals surface area contributed by atoms with E-state index >= 15 is 0 Å². The van der Waals surface area contributed by atoms with Crippen molar-refractivity contribution in [2.24, 2.45) is 5.73 Å². The SMILES string of the molecule is Cc1cc(C(C(=O)Nc2ccc3ccccc3c2)N(C(=O)C(CCC(N)=O)NC(=O)OC(C)(C)C)C2CC2)ccc1O. The minimum Gasteiger partial charge on any atom is -0.508 e. The number of phenolic OH excluding ortho intramolecular Hbond substituents is 1. The van der Waals surface area contributed by atoms with Gasteiger partial charge in [-0.1, -0.05) is 36.4 Å². The summed E-state index contributed by atoms with van der Waals surface area (Å²) in [5.41, 5.74) is 6.15. The van der Waals surface area contributed by atoms with Crippen LogP contribution in [0.5, 0.6) is 5.75 Å². The maximum absolute atomic E-state index is 14.2. The van der Waals surface area contributed by atoms with Crippen LogP contribution in [0, 0.1) is 6.92 Å². The van der Waals surface area contributed by atoms with Crippen LogP contribution in [-0.4, -0.2) is 51.5 Å². The molecule has 222 valence electrons. The molecule has 1 saturated carbocycles. The summed E-state index contributed by atoms with van der Waals surface area (Å²) in [6.45, 7) is 6.80. The Balaban J connectivity index is 1.71. The van der Waals surface area contributed by atoms with E-state index in [4.69, 9.17) is 10.5 Å². The highest BCUT2D eigenvalue weighted by Gasteiger charge is 2.44. The molecular weight excluding hydrogens is 536 g/mol. The Hall–Kier alpha value is -4.60. The van der Waals surface area contributed by atoms with Crippen LogP contribution in [0.3, 0.4) is 0 Å². The van der Waals surface area contributed by atoms with Gasteiger partial charge in [0.2, 0.25) is 11.8 Å². The van der Waals surface area contributed by atoms with Crippen molar-refractivity contribution in [2.75, 3.05) is 5.32 Å². The summed E-state index contributed by atoms with van der Waals surface area (Å²) >= 11 is 0. The molecule has 1 aliphatic carbocycles. The number of primary amides is 1. The number of nitrogens with zero attached hydrogens (tertiary/aromatic N) is 1. The third-order valence-electron chi connectivity index (χ3n) is 6.94. The Morgan fingerprint density at radius 3 is 2.33 bits per heavy atom. The second kappa shape index (κ2) is 12.5. The monoisotopic (exact) mass is 574 g/mol. The summed E-state index contributed by atoms with van der Waals surface area (Å²) in [7, 11) is 0. The Labute approximate surface area is 245 Å². The lowest BCUT2D eigenvalue weighted by Crippen LogP contribution is -2.53. The van der Waals surface area contributed by atoms with Crippen molar-refractivity contribution in [2.45, 2.75) is 77.1 Å². The van der Waals surface area contributed by atoms with Gasteiger partial charge in [0.25, 0.3) is 5.91 Å². The van der Waals surface area contributed by atoms with E-state index in [1.54, 1.807) is 45.9 Å². The summed E-state index contributed by atoms with van der Waals surface area (Å²) in [5.74, 6) is -1.56. The smallest absolute Gasteiger partial charge is 0.408 e. The topological polar surface area (TPSA) is 151 Å². The van der Waals surface area contributed by atoms with Crippen molar-refractivity contribution in [1.29, 1.82) is 0 Å². The number of nitrogens with two attached hydrogens (primary N) is 1. The number of aryl methyl sites for hydroxylation is 1. The molecule has 1 fully saturated rings. The summed E-state index contributed by atoms with van der Waals surface area (Å²) in [5, 5.41) is 17.7. The van der Waals surface area contributed by atoms with Gasteiger partial charge in [0.1, 0.15) is 23.4 Å². The third-order valence-corrected chi connectivity index (χ3v) is 6.94. The molecule has 0 saturated heterocycles. The van der Waals surface area contributed by atoms with Crippen LogP contribution in [-0.2, 0) is 19.1 Å². The standard InChI is InChI=1S/C32H38N4O6/c1-19-17-22(10-15-26(19)37)28(29(39)34-23-11-9-20-7-5-6-8-21(20)18-23)36(24-12-13-24)30(40)25(14-16-27(33)38)35-31(41)42-32(2,3)4/h5-11,15,17-18,24-25,28,37H,12-14,16H2,1-4H3,(H2,33,38)(H,34,39)(H,35,41). The van der Waals surface area contributed by atoms with Gasteiger partial charge in [-0.05, 0) is 93.1 Å². The van der Waals surface area contributed by atoms with E-state index in [0.29, 0.717) is 29.7 Å². The number of phenols is 1. The molecule has 2 unspecified atom stereocenters. The molecular formula is C32H38N4O6. The van der Waals surface area contributed by atoms with Crippen molar-refractivity contribution < 1.29 is 29.0 Å². The van der Waals surface area contributed by atoms with Crippen molar-refractivity contribution in [3.05, 3.63) is 71.8 Å². The zero-order valence-corrected chi connectivity index (χ0v) is 24.3. The van der Waals surface area contributed by atoms with Crippen molar-refractivity contribution in [1.82, 2.24) is 10.2 Å². The van der Waals surface area contributed by atoms with Crippen LogP contribution < -0.4 is 16.4 Å². The molecule has 0 bridgehead atoms. The number of benzene rings is 3. The summed E-state index contributed by atoms with van der Waals surface area (Å²) in [6.07, 6.45) is 0.287. The maximum atomic E-state index is 14.2. The van der Waals surface area contributed by atoms with E-state index in [1.807, 2.05) is 36.4 Å². The first kappa shape index (κ1) is 30.4. The minimum absolute atomic E-state index is 0.0580. The van der Waals surface area contributed by atoms with Crippen LogP contribution >= 0.6 is 0 Å². The molecule has 0 heterocycles. The largest absolute Gasteiger partial charge is 0.508 e. The zero-order valence-electron chi connectivity index (χ0n) is 24.3. The van der Waals surface area contributed by atoms with E-state index in [-0.39, 0.29) is 24.6 Å². The molecule has 5 N–H and O–H groups in total. The molecule has 3 aromatic carbocycles. The summed E-state index contributed by atoms with van der Waals surface area (Å²) in [4.78, 5) is 54.1. The number of alkyl carbamates (subject to hydrolysis) is 1. The summed E-state index contributed by atoms with van der Waals surface area (Å²) in [6, 6.07) is 15.5. The van der Waals surface area contributed by atoms with Gasteiger partial charge in [0, 0.05) is 18.2 Å². The Kier molecular flexibility index (Phi) is 9.04. The fourth-order valence-electron chi connectivity index (χ4n) is 4.81. The van der Waals surface area contributed by atoms with Crippen LogP contribution in [0.2, 0.25) is 0 Å². The molecule has 1 aliphatic rings. The molecule has 10 heteroatoms. The summed E-state index contributed by atoms with van der Waals surface area (Å²) < 4.78 is 5.37. The van der Waals surface area contributed by atoms with Crippen LogP contribution in [0.15, 0.2) is 60.7 Å². The fraction of sp³-hybridized carbons (Fsp3) is 0.375. The Bertz CT molecular complexity index is 1490. The predicted molar refractivity (Wildman–Crippen MR) is 160 cm³/mol. The van der Waals surface area contributed by atoms with E-state index < -0.39 is 41.5 Å². The van der Waals surface area contributed by atoms with Gasteiger partial charge in [-0.3, -0.25) is 14.4 Å². The fourth-order valence-corrected chi connectivity index (χ4v) is 4.81. The van der Waals surface area contributed by atoms with E-state index in [2.05, 4.69) is 10.6 Å². The Morgan fingerprint density at radius 1 is 1.02 bits per heavy atom.